The number of aliphatic carboxylic acids is 1. The molecule has 1 rings (SSSR count). The zero-order valence-electron chi connectivity index (χ0n) is 14.5. The lowest BCUT2D eigenvalue weighted by Crippen LogP contribution is -2.51. The third kappa shape index (κ3) is 5.03. The highest BCUT2D eigenvalue weighted by atomic mass is 16.5. The molecule has 1 amide bonds. The van der Waals surface area contributed by atoms with Crippen LogP contribution in [0.25, 0.3) is 0 Å². The fourth-order valence-electron chi connectivity index (χ4n) is 2.41. The van der Waals surface area contributed by atoms with Crippen LogP contribution in [0, 0.1) is 11.8 Å². The third-order valence-corrected chi connectivity index (χ3v) is 3.89. The molecule has 0 aromatic heterocycles. The fourth-order valence-corrected chi connectivity index (χ4v) is 2.41. The van der Waals surface area contributed by atoms with E-state index < -0.39 is 47.8 Å². The van der Waals surface area contributed by atoms with Crippen LogP contribution in [0.15, 0.2) is 30.3 Å². The van der Waals surface area contributed by atoms with E-state index in [9.17, 15) is 29.4 Å². The lowest BCUT2D eigenvalue weighted by Gasteiger charge is -2.26. The average Bonchev–Trinajstić information content (AvgIpc) is 2.65. The summed E-state index contributed by atoms with van der Waals surface area (Å²) in [4.78, 5) is 47.5. The number of rotatable bonds is 8. The highest BCUT2D eigenvalue weighted by Gasteiger charge is 2.42. The van der Waals surface area contributed by atoms with Gasteiger partial charge in [-0.1, -0.05) is 37.3 Å². The summed E-state index contributed by atoms with van der Waals surface area (Å²) in [6.07, 6.45) is -1.61. The molecule has 0 aliphatic rings. The number of aliphatic hydroxyl groups is 1. The van der Waals surface area contributed by atoms with Crippen molar-refractivity contribution in [3.63, 3.8) is 0 Å². The quantitative estimate of drug-likeness (QED) is 0.427. The molecular formula is C17H21NO8. The Hall–Kier alpha value is -2.94. The summed E-state index contributed by atoms with van der Waals surface area (Å²) in [7, 11) is 2.08. The van der Waals surface area contributed by atoms with E-state index in [2.05, 4.69) is 14.8 Å². The van der Waals surface area contributed by atoms with E-state index in [1.807, 2.05) is 0 Å². The number of aliphatic hydroxyl groups excluding tert-OH is 1. The molecule has 3 N–H and O–H groups in total. The smallest absolute Gasteiger partial charge is 0.326 e. The van der Waals surface area contributed by atoms with Crippen molar-refractivity contribution in [1.82, 2.24) is 5.32 Å². The second-order valence-corrected chi connectivity index (χ2v) is 5.52. The first-order valence-electron chi connectivity index (χ1n) is 7.66. The Morgan fingerprint density at radius 1 is 1.00 bits per heavy atom. The van der Waals surface area contributed by atoms with Gasteiger partial charge < -0.3 is 25.0 Å². The van der Waals surface area contributed by atoms with E-state index in [1.54, 1.807) is 18.2 Å². The van der Waals surface area contributed by atoms with Gasteiger partial charge in [-0.3, -0.25) is 14.4 Å². The van der Waals surface area contributed by atoms with Crippen LogP contribution in [0.3, 0.4) is 0 Å². The van der Waals surface area contributed by atoms with E-state index >= 15 is 0 Å². The van der Waals surface area contributed by atoms with Crippen molar-refractivity contribution in [2.45, 2.75) is 19.1 Å². The predicted octanol–water partition coefficient (Wildman–Crippen LogP) is -0.112. The van der Waals surface area contributed by atoms with Crippen molar-refractivity contribution >= 4 is 23.8 Å². The summed E-state index contributed by atoms with van der Waals surface area (Å²) in [6.45, 7) is 1.28. The number of hydrogen-bond acceptors (Lipinski definition) is 7. The molecule has 0 aliphatic heterocycles. The monoisotopic (exact) mass is 367 g/mol. The van der Waals surface area contributed by atoms with Gasteiger partial charge in [0, 0.05) is 5.92 Å². The van der Waals surface area contributed by atoms with Gasteiger partial charge in [-0.25, -0.2) is 4.79 Å². The van der Waals surface area contributed by atoms with Crippen molar-refractivity contribution in [2.75, 3.05) is 14.2 Å². The van der Waals surface area contributed by atoms with Gasteiger partial charge in [-0.15, -0.1) is 0 Å². The van der Waals surface area contributed by atoms with Gasteiger partial charge in [0.25, 0.3) is 5.91 Å². The normalized spacial score (nSPS) is 14.0. The Morgan fingerprint density at radius 3 is 1.92 bits per heavy atom. The Balaban J connectivity index is 3.03. The first kappa shape index (κ1) is 21.1. The maximum Gasteiger partial charge on any atom is 0.326 e. The van der Waals surface area contributed by atoms with Gasteiger partial charge in [0.1, 0.15) is 6.04 Å². The van der Waals surface area contributed by atoms with E-state index in [0.717, 1.165) is 14.2 Å². The largest absolute Gasteiger partial charge is 0.480 e. The molecule has 3 atom stereocenters. The average molecular weight is 367 g/mol. The van der Waals surface area contributed by atoms with E-state index in [4.69, 9.17) is 0 Å². The minimum absolute atomic E-state index is 0.263. The van der Waals surface area contributed by atoms with Crippen LogP contribution in [-0.4, -0.2) is 54.3 Å². The summed E-state index contributed by atoms with van der Waals surface area (Å²) in [5, 5.41) is 21.6. The third-order valence-electron chi connectivity index (χ3n) is 3.89. The molecule has 0 spiro atoms. The molecule has 0 saturated carbocycles. The number of carboxylic acids is 1. The number of ether oxygens (including phenoxy) is 2. The topological polar surface area (TPSA) is 139 Å². The second kappa shape index (κ2) is 9.52. The van der Waals surface area contributed by atoms with Crippen LogP contribution in [0.2, 0.25) is 0 Å². The number of benzene rings is 1. The molecule has 0 bridgehead atoms. The molecule has 1 aromatic rings. The van der Waals surface area contributed by atoms with Crippen molar-refractivity contribution in [3.05, 3.63) is 35.9 Å². The Labute approximate surface area is 149 Å². The number of carbonyl (C=O) groups is 4. The number of carbonyl (C=O) groups excluding carboxylic acids is 3. The van der Waals surface area contributed by atoms with Gasteiger partial charge in [-0.2, -0.15) is 0 Å². The van der Waals surface area contributed by atoms with Crippen LogP contribution >= 0.6 is 0 Å². The number of amides is 1. The number of nitrogens with one attached hydrogen (secondary N) is 1. The standard InChI is InChI=1S/C17H21NO8/c1-9(11(16(23)25-2)17(24)26-3)12(15(21)22)18-14(20)13(19)10-7-5-4-6-8-10/h4-9,11-13,19H,1-3H3,(H,18,20)(H,21,22)/t9-,12+,13-/m0/s1. The lowest BCUT2D eigenvalue weighted by molar-refractivity contribution is -0.163. The number of hydrogen-bond donors (Lipinski definition) is 3. The van der Waals surface area contributed by atoms with Crippen molar-refractivity contribution < 1.29 is 38.9 Å². The molecule has 0 aliphatic carbocycles. The summed E-state index contributed by atoms with van der Waals surface area (Å²) in [5.41, 5.74) is 0.263. The molecule has 0 heterocycles. The fraction of sp³-hybridized carbons (Fsp3) is 0.412. The summed E-state index contributed by atoms with van der Waals surface area (Å²) in [5.74, 6) is -7.20. The molecule has 142 valence electrons. The molecule has 9 nitrogen and oxygen atoms in total. The molecule has 0 fully saturated rings. The Morgan fingerprint density at radius 2 is 1.50 bits per heavy atom. The number of carboxylic acid groups (broad SMARTS) is 1. The van der Waals surface area contributed by atoms with Crippen molar-refractivity contribution in [2.24, 2.45) is 11.8 Å². The van der Waals surface area contributed by atoms with Gasteiger partial charge >= 0.3 is 17.9 Å². The van der Waals surface area contributed by atoms with Crippen LogP contribution in [0.4, 0.5) is 0 Å². The van der Waals surface area contributed by atoms with Gasteiger partial charge in [0.2, 0.25) is 0 Å². The van der Waals surface area contributed by atoms with Crippen molar-refractivity contribution in [1.29, 1.82) is 0 Å². The number of methoxy groups -OCH3 is 2. The molecule has 9 heteroatoms. The molecule has 0 unspecified atom stereocenters. The zero-order valence-corrected chi connectivity index (χ0v) is 14.5. The van der Waals surface area contributed by atoms with E-state index in [1.165, 1.54) is 19.1 Å². The Bertz CT molecular complexity index is 644. The molecule has 0 radical (unpaired) electrons. The SMILES string of the molecule is COC(=O)C(C(=O)OC)[C@H](C)[C@@H](NC(=O)[C@@H](O)c1ccccc1)C(=O)O. The van der Waals surface area contributed by atoms with Crippen LogP contribution in [0.1, 0.15) is 18.6 Å². The first-order chi connectivity index (χ1) is 12.2. The minimum Gasteiger partial charge on any atom is -0.480 e. The molecule has 26 heavy (non-hydrogen) atoms. The summed E-state index contributed by atoms with van der Waals surface area (Å²) in [6, 6.07) is 6.25. The highest BCUT2D eigenvalue weighted by molar-refractivity contribution is 5.96. The van der Waals surface area contributed by atoms with E-state index in [-0.39, 0.29) is 5.56 Å². The predicted molar refractivity (Wildman–Crippen MR) is 87.7 cm³/mol. The summed E-state index contributed by atoms with van der Waals surface area (Å²) < 4.78 is 9.03. The van der Waals surface area contributed by atoms with Crippen LogP contribution < -0.4 is 5.32 Å². The lowest BCUT2D eigenvalue weighted by atomic mass is 9.87. The van der Waals surface area contributed by atoms with Crippen LogP contribution in [0.5, 0.6) is 0 Å². The van der Waals surface area contributed by atoms with Crippen LogP contribution in [-0.2, 0) is 28.7 Å². The maximum atomic E-state index is 12.2. The first-order valence-corrected chi connectivity index (χ1v) is 7.66. The van der Waals surface area contributed by atoms with Gasteiger partial charge in [0.15, 0.2) is 12.0 Å². The number of esters is 2. The summed E-state index contributed by atoms with van der Waals surface area (Å²) >= 11 is 0. The van der Waals surface area contributed by atoms with Gasteiger partial charge in [0.05, 0.1) is 14.2 Å². The molecule has 0 saturated heterocycles. The maximum absolute atomic E-state index is 12.2. The van der Waals surface area contributed by atoms with Gasteiger partial charge in [-0.05, 0) is 5.56 Å². The highest BCUT2D eigenvalue weighted by Crippen LogP contribution is 2.21. The Kier molecular flexibility index (Phi) is 7.73. The second-order valence-electron chi connectivity index (χ2n) is 5.52. The molecule has 1 aromatic carbocycles. The van der Waals surface area contributed by atoms with Crippen molar-refractivity contribution in [3.8, 4) is 0 Å². The zero-order chi connectivity index (χ0) is 19.9. The van der Waals surface area contributed by atoms with E-state index in [0.29, 0.717) is 0 Å². The molecular weight excluding hydrogens is 346 g/mol. The minimum atomic E-state index is -1.64.